The van der Waals surface area contributed by atoms with Gasteiger partial charge in [-0.25, -0.2) is 0 Å². The molecule has 1 N–H and O–H groups in total. The number of hydrogen-bond acceptors (Lipinski definition) is 3. The molecule has 0 rings (SSSR count). The molecule has 0 aliphatic heterocycles. The Kier molecular flexibility index (Phi) is 11.3. The minimum Gasteiger partial charge on any atom is -0.383 e. The van der Waals surface area contributed by atoms with Gasteiger partial charge in [-0.3, -0.25) is 0 Å². The van der Waals surface area contributed by atoms with Crippen LogP contribution in [0.1, 0.15) is 33.6 Å². The van der Waals surface area contributed by atoms with Crippen LogP contribution in [0.5, 0.6) is 0 Å². The average molecular weight is 231 g/mol. The number of rotatable bonds is 11. The summed E-state index contributed by atoms with van der Waals surface area (Å²) in [5.41, 5.74) is 0. The van der Waals surface area contributed by atoms with E-state index in [0.717, 1.165) is 44.7 Å². The summed E-state index contributed by atoms with van der Waals surface area (Å²) in [5.74, 6) is 1.48. The molecule has 0 aromatic rings. The van der Waals surface area contributed by atoms with Gasteiger partial charge in [-0.15, -0.1) is 0 Å². The quantitative estimate of drug-likeness (QED) is 0.554. The molecule has 0 radical (unpaired) electrons. The normalized spacial score (nSPS) is 13.3. The molecule has 1 atom stereocenters. The third-order valence-corrected chi connectivity index (χ3v) is 2.90. The van der Waals surface area contributed by atoms with Crippen LogP contribution in [0, 0.1) is 11.8 Å². The third kappa shape index (κ3) is 9.13. The Bertz CT molecular complexity index is 128. The van der Waals surface area contributed by atoms with Gasteiger partial charge in [-0.1, -0.05) is 13.8 Å². The first kappa shape index (κ1) is 15.9. The van der Waals surface area contributed by atoms with E-state index < -0.39 is 0 Å². The van der Waals surface area contributed by atoms with Crippen LogP contribution in [0.25, 0.3) is 0 Å². The van der Waals surface area contributed by atoms with Crippen LogP contribution in [0.3, 0.4) is 0 Å². The third-order valence-electron chi connectivity index (χ3n) is 2.90. The van der Waals surface area contributed by atoms with Crippen molar-refractivity contribution in [3.05, 3.63) is 0 Å². The molecule has 0 bridgehead atoms. The molecule has 0 aliphatic rings. The van der Waals surface area contributed by atoms with Gasteiger partial charge in [0.1, 0.15) is 0 Å². The average Bonchev–Trinajstić information content (AvgIpc) is 2.26. The second kappa shape index (κ2) is 11.4. The van der Waals surface area contributed by atoms with E-state index in [-0.39, 0.29) is 0 Å². The lowest BCUT2D eigenvalue weighted by atomic mass is 9.91. The van der Waals surface area contributed by atoms with Gasteiger partial charge >= 0.3 is 0 Å². The largest absolute Gasteiger partial charge is 0.383 e. The summed E-state index contributed by atoms with van der Waals surface area (Å²) >= 11 is 0. The van der Waals surface area contributed by atoms with Crippen molar-refractivity contribution in [1.82, 2.24) is 5.32 Å². The van der Waals surface area contributed by atoms with E-state index in [1.54, 1.807) is 7.11 Å². The predicted molar refractivity (Wildman–Crippen MR) is 68.8 cm³/mol. The second-order valence-corrected chi connectivity index (χ2v) is 4.54. The molecule has 1 unspecified atom stereocenters. The molecule has 3 heteroatoms. The molecule has 0 aromatic heterocycles. The van der Waals surface area contributed by atoms with Gasteiger partial charge in [0.15, 0.2) is 0 Å². The topological polar surface area (TPSA) is 30.5 Å². The predicted octanol–water partition coefficient (Wildman–Crippen LogP) is 2.31. The van der Waals surface area contributed by atoms with E-state index in [2.05, 4.69) is 19.2 Å². The van der Waals surface area contributed by atoms with Crippen molar-refractivity contribution in [2.24, 2.45) is 11.8 Å². The molecule has 16 heavy (non-hydrogen) atoms. The summed E-state index contributed by atoms with van der Waals surface area (Å²) in [6.07, 6.45) is 2.42. The molecule has 0 aliphatic carbocycles. The lowest BCUT2D eigenvalue weighted by molar-refractivity contribution is 0.135. The van der Waals surface area contributed by atoms with Crippen molar-refractivity contribution in [3.8, 4) is 0 Å². The number of methoxy groups -OCH3 is 1. The van der Waals surface area contributed by atoms with Crippen LogP contribution in [0.4, 0.5) is 0 Å². The van der Waals surface area contributed by atoms with Crippen molar-refractivity contribution in [3.63, 3.8) is 0 Å². The zero-order valence-electron chi connectivity index (χ0n) is 11.4. The lowest BCUT2D eigenvalue weighted by Gasteiger charge is -2.21. The number of ether oxygens (including phenoxy) is 2. The summed E-state index contributed by atoms with van der Waals surface area (Å²) in [6.45, 7) is 11.2. The molecule has 0 saturated heterocycles. The molecule has 98 valence electrons. The zero-order valence-corrected chi connectivity index (χ0v) is 11.4. The Morgan fingerprint density at radius 2 is 1.94 bits per heavy atom. The SMILES string of the molecule is CCOCCCC(CNCCOC)C(C)C. The van der Waals surface area contributed by atoms with Crippen LogP contribution in [-0.4, -0.2) is 40.0 Å². The van der Waals surface area contributed by atoms with Crippen molar-refractivity contribution in [2.45, 2.75) is 33.6 Å². The van der Waals surface area contributed by atoms with E-state index in [9.17, 15) is 0 Å². The van der Waals surface area contributed by atoms with E-state index in [1.807, 2.05) is 6.92 Å². The van der Waals surface area contributed by atoms with Gasteiger partial charge in [0.25, 0.3) is 0 Å². The Balaban J connectivity index is 3.54. The summed E-state index contributed by atoms with van der Waals surface area (Å²) in [7, 11) is 1.74. The Morgan fingerprint density at radius 3 is 2.50 bits per heavy atom. The van der Waals surface area contributed by atoms with Crippen molar-refractivity contribution in [2.75, 3.05) is 40.0 Å². The maximum atomic E-state index is 5.37. The van der Waals surface area contributed by atoms with Crippen LogP contribution in [-0.2, 0) is 9.47 Å². The van der Waals surface area contributed by atoms with Crippen molar-refractivity contribution in [1.29, 1.82) is 0 Å². The van der Waals surface area contributed by atoms with Crippen molar-refractivity contribution >= 4 is 0 Å². The van der Waals surface area contributed by atoms with E-state index in [1.165, 1.54) is 12.8 Å². The van der Waals surface area contributed by atoms with Crippen LogP contribution >= 0.6 is 0 Å². The van der Waals surface area contributed by atoms with E-state index in [0.29, 0.717) is 0 Å². The highest BCUT2D eigenvalue weighted by atomic mass is 16.5. The fourth-order valence-corrected chi connectivity index (χ4v) is 1.72. The second-order valence-electron chi connectivity index (χ2n) is 4.54. The highest BCUT2D eigenvalue weighted by molar-refractivity contribution is 4.66. The molecule has 0 fully saturated rings. The zero-order chi connectivity index (χ0) is 12.2. The van der Waals surface area contributed by atoms with Crippen LogP contribution in [0.2, 0.25) is 0 Å². The fourth-order valence-electron chi connectivity index (χ4n) is 1.72. The lowest BCUT2D eigenvalue weighted by Crippen LogP contribution is -2.29. The Hall–Kier alpha value is -0.120. The molecule has 3 nitrogen and oxygen atoms in total. The van der Waals surface area contributed by atoms with Gasteiger partial charge in [-0.2, -0.15) is 0 Å². The molecule has 0 aromatic carbocycles. The molecule has 0 saturated carbocycles. The number of hydrogen-bond donors (Lipinski definition) is 1. The summed E-state index contributed by atoms with van der Waals surface area (Å²) in [5, 5.41) is 3.44. The van der Waals surface area contributed by atoms with Gasteiger partial charge in [0, 0.05) is 26.9 Å². The first-order chi connectivity index (χ1) is 7.72. The summed E-state index contributed by atoms with van der Waals surface area (Å²) in [6, 6.07) is 0. The maximum Gasteiger partial charge on any atom is 0.0587 e. The van der Waals surface area contributed by atoms with Crippen molar-refractivity contribution < 1.29 is 9.47 Å². The van der Waals surface area contributed by atoms with Gasteiger partial charge < -0.3 is 14.8 Å². The maximum absolute atomic E-state index is 5.37. The van der Waals surface area contributed by atoms with Gasteiger partial charge in [0.05, 0.1) is 6.61 Å². The minimum atomic E-state index is 0.733. The highest BCUT2D eigenvalue weighted by Crippen LogP contribution is 2.16. The Labute approximate surface area is 101 Å². The number of nitrogens with one attached hydrogen (secondary N) is 1. The fraction of sp³-hybridized carbons (Fsp3) is 1.00. The first-order valence-corrected chi connectivity index (χ1v) is 6.49. The molecule has 0 amide bonds. The van der Waals surface area contributed by atoms with Crippen LogP contribution < -0.4 is 5.32 Å². The highest BCUT2D eigenvalue weighted by Gasteiger charge is 2.12. The first-order valence-electron chi connectivity index (χ1n) is 6.49. The van der Waals surface area contributed by atoms with Gasteiger partial charge in [0.2, 0.25) is 0 Å². The minimum absolute atomic E-state index is 0.733. The van der Waals surface area contributed by atoms with E-state index >= 15 is 0 Å². The van der Waals surface area contributed by atoms with Crippen LogP contribution in [0.15, 0.2) is 0 Å². The summed E-state index contributed by atoms with van der Waals surface area (Å²) < 4.78 is 10.4. The smallest absolute Gasteiger partial charge is 0.0587 e. The van der Waals surface area contributed by atoms with Gasteiger partial charge in [-0.05, 0) is 38.1 Å². The Morgan fingerprint density at radius 1 is 1.19 bits per heavy atom. The molecular weight excluding hydrogens is 202 g/mol. The summed E-state index contributed by atoms with van der Waals surface area (Å²) in [4.78, 5) is 0. The van der Waals surface area contributed by atoms with E-state index in [4.69, 9.17) is 9.47 Å². The molecule has 0 spiro atoms. The standard InChI is InChI=1S/C13H29NO2/c1-5-16-9-6-7-13(12(2)3)11-14-8-10-15-4/h12-14H,5-11H2,1-4H3. The molecule has 0 heterocycles. The molecular formula is C13H29NO2. The monoisotopic (exact) mass is 231 g/mol.